The minimum absolute atomic E-state index is 0.0237. The Balaban J connectivity index is 1.65. The first-order valence-corrected chi connectivity index (χ1v) is 11.5. The summed E-state index contributed by atoms with van der Waals surface area (Å²) < 4.78 is 33.1. The van der Waals surface area contributed by atoms with Gasteiger partial charge in [0.1, 0.15) is 5.75 Å². The SMILES string of the molecule is Cc1ccc(NS(=O)(=O)c2ccc(OCC(=O)Nc3cc(Cl)ccc3C)c(Cl)c2)cc1. The third kappa shape index (κ3) is 6.13. The van der Waals surface area contributed by atoms with E-state index < -0.39 is 15.9 Å². The van der Waals surface area contributed by atoms with Gasteiger partial charge in [0.15, 0.2) is 6.61 Å². The number of halogens is 2. The van der Waals surface area contributed by atoms with E-state index >= 15 is 0 Å². The molecule has 162 valence electrons. The van der Waals surface area contributed by atoms with Gasteiger partial charge in [-0.15, -0.1) is 0 Å². The van der Waals surface area contributed by atoms with Crippen molar-refractivity contribution in [3.63, 3.8) is 0 Å². The molecule has 0 aliphatic heterocycles. The molecule has 0 fully saturated rings. The Morgan fingerprint density at radius 2 is 1.68 bits per heavy atom. The summed E-state index contributed by atoms with van der Waals surface area (Å²) in [6, 6.07) is 16.1. The van der Waals surface area contributed by atoms with Crippen LogP contribution < -0.4 is 14.8 Å². The molecule has 3 aromatic carbocycles. The summed E-state index contributed by atoms with van der Waals surface area (Å²) in [5, 5.41) is 3.28. The summed E-state index contributed by atoms with van der Waals surface area (Å²) in [5.41, 5.74) is 2.89. The van der Waals surface area contributed by atoms with E-state index in [9.17, 15) is 13.2 Å². The molecule has 0 aliphatic rings. The van der Waals surface area contributed by atoms with E-state index in [0.29, 0.717) is 16.4 Å². The van der Waals surface area contributed by atoms with Gasteiger partial charge in [-0.25, -0.2) is 8.42 Å². The summed E-state index contributed by atoms with van der Waals surface area (Å²) in [7, 11) is -3.83. The van der Waals surface area contributed by atoms with Crippen LogP contribution in [0.1, 0.15) is 11.1 Å². The fourth-order valence-corrected chi connectivity index (χ4v) is 4.22. The molecule has 0 radical (unpaired) electrons. The molecule has 0 aromatic heterocycles. The van der Waals surface area contributed by atoms with Crippen molar-refractivity contribution >= 4 is 50.5 Å². The van der Waals surface area contributed by atoms with E-state index in [1.165, 1.54) is 18.2 Å². The average molecular weight is 479 g/mol. The van der Waals surface area contributed by atoms with E-state index in [0.717, 1.165) is 11.1 Å². The lowest BCUT2D eigenvalue weighted by molar-refractivity contribution is -0.118. The molecule has 3 aromatic rings. The maximum Gasteiger partial charge on any atom is 0.262 e. The van der Waals surface area contributed by atoms with Crippen LogP contribution in [-0.4, -0.2) is 20.9 Å². The van der Waals surface area contributed by atoms with Crippen molar-refractivity contribution < 1.29 is 17.9 Å². The lowest BCUT2D eigenvalue weighted by Gasteiger charge is -2.12. The Hall–Kier alpha value is -2.74. The van der Waals surface area contributed by atoms with Crippen LogP contribution in [0.4, 0.5) is 11.4 Å². The number of carbonyl (C=O) groups is 1. The van der Waals surface area contributed by atoms with Gasteiger partial charge in [-0.2, -0.15) is 0 Å². The first kappa shape index (κ1) is 22.9. The van der Waals surface area contributed by atoms with Crippen LogP contribution in [-0.2, 0) is 14.8 Å². The van der Waals surface area contributed by atoms with E-state index in [2.05, 4.69) is 10.0 Å². The first-order valence-electron chi connectivity index (χ1n) is 9.22. The second-order valence-electron chi connectivity index (χ2n) is 6.86. The van der Waals surface area contributed by atoms with Crippen molar-refractivity contribution in [3.05, 3.63) is 81.8 Å². The van der Waals surface area contributed by atoms with E-state index in [-0.39, 0.29) is 22.3 Å². The van der Waals surface area contributed by atoms with Crippen molar-refractivity contribution in [3.8, 4) is 5.75 Å². The second-order valence-corrected chi connectivity index (χ2v) is 9.39. The van der Waals surface area contributed by atoms with Crippen LogP contribution in [0, 0.1) is 13.8 Å². The van der Waals surface area contributed by atoms with Gasteiger partial charge in [0, 0.05) is 16.4 Å². The number of nitrogens with one attached hydrogen (secondary N) is 2. The van der Waals surface area contributed by atoms with Gasteiger partial charge in [0.05, 0.1) is 9.92 Å². The summed E-state index contributed by atoms with van der Waals surface area (Å²) in [6.45, 7) is 3.44. The fraction of sp³-hybridized carbons (Fsp3) is 0.136. The molecule has 1 amide bonds. The van der Waals surface area contributed by atoms with Crippen LogP contribution >= 0.6 is 23.2 Å². The van der Waals surface area contributed by atoms with Gasteiger partial charge < -0.3 is 10.1 Å². The van der Waals surface area contributed by atoms with Gasteiger partial charge in [0.25, 0.3) is 15.9 Å². The number of amides is 1. The van der Waals surface area contributed by atoms with Gasteiger partial charge >= 0.3 is 0 Å². The molecular weight excluding hydrogens is 459 g/mol. The second kappa shape index (κ2) is 9.60. The molecule has 2 N–H and O–H groups in total. The molecule has 6 nitrogen and oxygen atoms in total. The lowest BCUT2D eigenvalue weighted by Crippen LogP contribution is -2.20. The Bertz CT molecular complexity index is 1210. The van der Waals surface area contributed by atoms with Crippen LogP contribution in [0.5, 0.6) is 5.75 Å². The third-order valence-corrected chi connectivity index (χ3v) is 6.26. The highest BCUT2D eigenvalue weighted by atomic mass is 35.5. The van der Waals surface area contributed by atoms with E-state index in [4.69, 9.17) is 27.9 Å². The molecule has 0 aliphatic carbocycles. The Labute approximate surface area is 191 Å². The van der Waals surface area contributed by atoms with Gasteiger partial charge in [0.2, 0.25) is 0 Å². The number of anilines is 2. The highest BCUT2D eigenvalue weighted by Gasteiger charge is 2.17. The molecule has 0 heterocycles. The number of benzene rings is 3. The van der Waals surface area contributed by atoms with Crippen LogP contribution in [0.3, 0.4) is 0 Å². The standard InChI is InChI=1S/C22H20Cl2N2O4S/c1-14-3-7-17(8-4-14)26-31(28,29)18-9-10-21(19(24)12-18)30-13-22(27)25-20-11-16(23)6-5-15(20)2/h3-12,26H,13H2,1-2H3,(H,25,27). The average Bonchev–Trinajstić information content (AvgIpc) is 2.71. The topological polar surface area (TPSA) is 84.5 Å². The zero-order valence-corrected chi connectivity index (χ0v) is 19.1. The van der Waals surface area contributed by atoms with Crippen molar-refractivity contribution in [2.45, 2.75) is 18.7 Å². The van der Waals surface area contributed by atoms with Crippen molar-refractivity contribution in [1.82, 2.24) is 0 Å². The Morgan fingerprint density at radius 3 is 2.35 bits per heavy atom. The number of aryl methyl sites for hydroxylation is 2. The zero-order valence-electron chi connectivity index (χ0n) is 16.8. The van der Waals surface area contributed by atoms with Gasteiger partial charge in [-0.1, -0.05) is 47.0 Å². The summed E-state index contributed by atoms with van der Waals surface area (Å²) >= 11 is 12.1. The van der Waals surface area contributed by atoms with Crippen LogP contribution in [0.15, 0.2) is 65.6 Å². The predicted molar refractivity (Wildman–Crippen MR) is 124 cm³/mol. The molecule has 0 saturated heterocycles. The van der Waals surface area contributed by atoms with Crippen LogP contribution in [0.25, 0.3) is 0 Å². The largest absolute Gasteiger partial charge is 0.482 e. The number of hydrogen-bond donors (Lipinski definition) is 2. The monoisotopic (exact) mass is 478 g/mol. The van der Waals surface area contributed by atoms with E-state index in [1.807, 2.05) is 13.8 Å². The Kier molecular flexibility index (Phi) is 7.10. The Morgan fingerprint density at radius 1 is 0.968 bits per heavy atom. The minimum Gasteiger partial charge on any atom is -0.482 e. The number of hydrogen-bond acceptors (Lipinski definition) is 4. The fourth-order valence-electron chi connectivity index (χ4n) is 2.66. The summed E-state index contributed by atoms with van der Waals surface area (Å²) in [6.07, 6.45) is 0. The molecule has 31 heavy (non-hydrogen) atoms. The third-order valence-electron chi connectivity index (χ3n) is 4.35. The lowest BCUT2D eigenvalue weighted by atomic mass is 10.2. The first-order chi connectivity index (χ1) is 14.6. The van der Waals surface area contributed by atoms with Crippen molar-refractivity contribution in [2.24, 2.45) is 0 Å². The highest BCUT2D eigenvalue weighted by Crippen LogP contribution is 2.28. The summed E-state index contributed by atoms with van der Waals surface area (Å²) in [5.74, 6) is -0.215. The number of sulfonamides is 1. The zero-order chi connectivity index (χ0) is 22.6. The smallest absolute Gasteiger partial charge is 0.262 e. The summed E-state index contributed by atoms with van der Waals surface area (Å²) in [4.78, 5) is 12.2. The molecule has 9 heteroatoms. The quantitative estimate of drug-likeness (QED) is 0.474. The predicted octanol–water partition coefficient (Wildman–Crippen LogP) is 5.43. The van der Waals surface area contributed by atoms with Crippen molar-refractivity contribution in [2.75, 3.05) is 16.6 Å². The van der Waals surface area contributed by atoms with Crippen molar-refractivity contribution in [1.29, 1.82) is 0 Å². The van der Waals surface area contributed by atoms with E-state index in [1.54, 1.807) is 42.5 Å². The van der Waals surface area contributed by atoms with Crippen LogP contribution in [0.2, 0.25) is 10.0 Å². The highest BCUT2D eigenvalue weighted by molar-refractivity contribution is 7.92. The molecule has 0 bridgehead atoms. The normalized spacial score (nSPS) is 11.1. The number of rotatable bonds is 7. The molecule has 3 rings (SSSR count). The maximum atomic E-state index is 12.6. The van der Waals surface area contributed by atoms with Gasteiger partial charge in [-0.3, -0.25) is 9.52 Å². The maximum absolute atomic E-state index is 12.6. The molecular formula is C22H20Cl2N2O4S. The molecule has 0 spiro atoms. The molecule has 0 saturated carbocycles. The number of carbonyl (C=O) groups excluding carboxylic acids is 1. The molecule has 0 atom stereocenters. The minimum atomic E-state index is -3.83. The molecule has 0 unspecified atom stereocenters. The van der Waals surface area contributed by atoms with Gasteiger partial charge in [-0.05, 0) is 61.9 Å². The number of ether oxygens (including phenoxy) is 1.